The van der Waals surface area contributed by atoms with E-state index in [2.05, 4.69) is 35.6 Å². The topological polar surface area (TPSA) is 126 Å². The molecule has 0 aliphatic heterocycles. The zero-order valence-corrected chi connectivity index (χ0v) is 11.7. The number of hydrogen-bond donors (Lipinski definition) is 3. The Morgan fingerprint density at radius 1 is 1.36 bits per heavy atom. The van der Waals surface area contributed by atoms with Crippen LogP contribution in [0.4, 0.5) is 5.82 Å². The number of H-pyrrole nitrogens is 1. The van der Waals surface area contributed by atoms with E-state index in [1.54, 1.807) is 6.20 Å². The van der Waals surface area contributed by atoms with E-state index >= 15 is 0 Å². The van der Waals surface area contributed by atoms with Crippen LogP contribution in [0.25, 0.3) is 11.0 Å². The SMILES string of the molecule is OCc1noc([C@H]2CC[C@H](Nc3ncnc4[nH]ncc34)C2)n1. The van der Waals surface area contributed by atoms with E-state index in [1.165, 1.54) is 6.33 Å². The molecule has 3 aromatic rings. The molecule has 0 radical (unpaired) electrons. The lowest BCUT2D eigenvalue weighted by Gasteiger charge is -2.13. The van der Waals surface area contributed by atoms with Gasteiger partial charge in [-0.1, -0.05) is 5.16 Å². The van der Waals surface area contributed by atoms with E-state index in [1.807, 2.05) is 0 Å². The Hall–Kier alpha value is -2.55. The van der Waals surface area contributed by atoms with Gasteiger partial charge < -0.3 is 14.9 Å². The molecule has 4 rings (SSSR count). The fourth-order valence-corrected chi connectivity index (χ4v) is 2.91. The number of aromatic amines is 1. The van der Waals surface area contributed by atoms with Gasteiger partial charge in [-0.05, 0) is 19.3 Å². The minimum Gasteiger partial charge on any atom is -0.388 e. The Morgan fingerprint density at radius 3 is 3.18 bits per heavy atom. The Bertz CT molecular complexity index is 783. The summed E-state index contributed by atoms with van der Waals surface area (Å²) in [5, 5.41) is 23.9. The van der Waals surface area contributed by atoms with Crippen LogP contribution in [0.1, 0.15) is 36.9 Å². The highest BCUT2D eigenvalue weighted by atomic mass is 16.5. The number of aromatic nitrogens is 6. The first-order valence-corrected chi connectivity index (χ1v) is 7.17. The molecule has 22 heavy (non-hydrogen) atoms. The number of rotatable bonds is 4. The third-order valence-corrected chi connectivity index (χ3v) is 4.00. The molecule has 3 heterocycles. The number of anilines is 1. The second-order valence-electron chi connectivity index (χ2n) is 5.41. The largest absolute Gasteiger partial charge is 0.388 e. The summed E-state index contributed by atoms with van der Waals surface area (Å²) in [6.07, 6.45) is 6.07. The molecule has 9 nitrogen and oxygen atoms in total. The predicted octanol–water partition coefficient (Wildman–Crippen LogP) is 0.976. The quantitative estimate of drug-likeness (QED) is 0.651. The molecular formula is C13H15N7O2. The molecule has 0 saturated heterocycles. The van der Waals surface area contributed by atoms with Crippen molar-refractivity contribution >= 4 is 16.9 Å². The summed E-state index contributed by atoms with van der Waals surface area (Å²) in [4.78, 5) is 12.6. The van der Waals surface area contributed by atoms with Gasteiger partial charge in [-0.15, -0.1) is 0 Å². The molecule has 1 aliphatic rings. The highest BCUT2D eigenvalue weighted by Gasteiger charge is 2.30. The molecule has 0 spiro atoms. The summed E-state index contributed by atoms with van der Waals surface area (Å²) in [6.45, 7) is -0.197. The Kier molecular flexibility index (Phi) is 3.19. The molecule has 9 heteroatoms. The van der Waals surface area contributed by atoms with Crippen molar-refractivity contribution in [2.75, 3.05) is 5.32 Å². The lowest BCUT2D eigenvalue weighted by molar-refractivity contribution is 0.262. The van der Waals surface area contributed by atoms with E-state index in [0.717, 1.165) is 36.1 Å². The van der Waals surface area contributed by atoms with Crippen LogP contribution in [-0.4, -0.2) is 41.5 Å². The van der Waals surface area contributed by atoms with Crippen LogP contribution in [0.3, 0.4) is 0 Å². The first kappa shape index (κ1) is 13.1. The molecule has 114 valence electrons. The molecule has 1 aliphatic carbocycles. The maximum Gasteiger partial charge on any atom is 0.229 e. The van der Waals surface area contributed by atoms with Gasteiger partial charge in [0.25, 0.3) is 0 Å². The van der Waals surface area contributed by atoms with E-state index in [9.17, 15) is 0 Å². The van der Waals surface area contributed by atoms with E-state index in [0.29, 0.717) is 11.7 Å². The monoisotopic (exact) mass is 301 g/mol. The van der Waals surface area contributed by atoms with Gasteiger partial charge in [0.05, 0.1) is 11.6 Å². The number of hydrogen-bond acceptors (Lipinski definition) is 8. The lowest BCUT2D eigenvalue weighted by atomic mass is 10.1. The van der Waals surface area contributed by atoms with Crippen molar-refractivity contribution in [2.45, 2.75) is 37.8 Å². The molecule has 0 amide bonds. The fraction of sp³-hybridized carbons (Fsp3) is 0.462. The van der Waals surface area contributed by atoms with Crippen molar-refractivity contribution < 1.29 is 9.63 Å². The molecular weight excluding hydrogens is 286 g/mol. The maximum absolute atomic E-state index is 9.00. The smallest absolute Gasteiger partial charge is 0.229 e. The average molecular weight is 301 g/mol. The third kappa shape index (κ3) is 2.29. The number of nitrogens with zero attached hydrogens (tertiary/aromatic N) is 5. The van der Waals surface area contributed by atoms with Gasteiger partial charge in [0.1, 0.15) is 18.8 Å². The lowest BCUT2D eigenvalue weighted by Crippen LogP contribution is -2.16. The van der Waals surface area contributed by atoms with Crippen LogP contribution in [-0.2, 0) is 6.61 Å². The van der Waals surface area contributed by atoms with E-state index in [4.69, 9.17) is 9.63 Å². The van der Waals surface area contributed by atoms with Crippen LogP contribution in [0.15, 0.2) is 17.0 Å². The second-order valence-corrected chi connectivity index (χ2v) is 5.41. The molecule has 0 aromatic carbocycles. The van der Waals surface area contributed by atoms with Gasteiger partial charge in [0.2, 0.25) is 5.89 Å². The third-order valence-electron chi connectivity index (χ3n) is 4.00. The second kappa shape index (κ2) is 5.34. The summed E-state index contributed by atoms with van der Waals surface area (Å²) < 4.78 is 5.21. The van der Waals surface area contributed by atoms with Gasteiger partial charge in [0.15, 0.2) is 11.5 Å². The fourth-order valence-electron chi connectivity index (χ4n) is 2.91. The predicted molar refractivity (Wildman–Crippen MR) is 75.9 cm³/mol. The zero-order valence-electron chi connectivity index (χ0n) is 11.7. The number of aliphatic hydroxyl groups excluding tert-OH is 1. The standard InChI is InChI=1S/C13H15N7O2/c21-5-10-18-13(22-20-10)7-1-2-8(3-7)17-11-9-4-16-19-12(9)15-6-14-11/h4,6-8,21H,1-3,5H2,(H2,14,15,16,17,19)/t7-,8-/m0/s1. The first-order chi connectivity index (χ1) is 10.8. The van der Waals surface area contributed by atoms with Crippen molar-refractivity contribution in [3.05, 3.63) is 24.2 Å². The van der Waals surface area contributed by atoms with Gasteiger partial charge in [-0.3, -0.25) is 5.10 Å². The van der Waals surface area contributed by atoms with Crippen LogP contribution >= 0.6 is 0 Å². The first-order valence-electron chi connectivity index (χ1n) is 7.17. The van der Waals surface area contributed by atoms with Gasteiger partial charge >= 0.3 is 0 Å². The molecule has 2 atom stereocenters. The van der Waals surface area contributed by atoms with Crippen LogP contribution in [0.2, 0.25) is 0 Å². The molecule has 1 saturated carbocycles. The summed E-state index contributed by atoms with van der Waals surface area (Å²) in [7, 11) is 0. The van der Waals surface area contributed by atoms with Crippen LogP contribution in [0.5, 0.6) is 0 Å². The van der Waals surface area contributed by atoms with Crippen molar-refractivity contribution in [2.24, 2.45) is 0 Å². The van der Waals surface area contributed by atoms with Crippen molar-refractivity contribution in [1.82, 2.24) is 30.3 Å². The molecule has 0 bridgehead atoms. The van der Waals surface area contributed by atoms with E-state index in [-0.39, 0.29) is 18.6 Å². The summed E-state index contributed by atoms with van der Waals surface area (Å²) >= 11 is 0. The van der Waals surface area contributed by atoms with Crippen LogP contribution in [0, 0.1) is 0 Å². The molecule has 1 fully saturated rings. The minimum absolute atomic E-state index is 0.197. The Labute approximate surface area is 125 Å². The Balaban J connectivity index is 1.48. The van der Waals surface area contributed by atoms with Gasteiger partial charge in [-0.2, -0.15) is 10.1 Å². The molecule has 3 N–H and O–H groups in total. The minimum atomic E-state index is -0.197. The van der Waals surface area contributed by atoms with Gasteiger partial charge in [0, 0.05) is 12.0 Å². The van der Waals surface area contributed by atoms with Crippen LogP contribution < -0.4 is 5.32 Å². The number of fused-ring (bicyclic) bond motifs is 1. The Morgan fingerprint density at radius 2 is 2.32 bits per heavy atom. The summed E-state index contributed by atoms with van der Waals surface area (Å²) in [5.74, 6) is 1.93. The average Bonchev–Trinajstić information content (AvgIpc) is 3.27. The summed E-state index contributed by atoms with van der Waals surface area (Å²) in [5.41, 5.74) is 0.719. The zero-order chi connectivity index (χ0) is 14.9. The van der Waals surface area contributed by atoms with Gasteiger partial charge in [-0.25, -0.2) is 9.97 Å². The van der Waals surface area contributed by atoms with E-state index < -0.39 is 0 Å². The van der Waals surface area contributed by atoms with Crippen molar-refractivity contribution in [3.63, 3.8) is 0 Å². The number of nitrogens with one attached hydrogen (secondary N) is 2. The highest BCUT2D eigenvalue weighted by molar-refractivity contribution is 5.85. The summed E-state index contributed by atoms with van der Waals surface area (Å²) in [6, 6.07) is 0.280. The van der Waals surface area contributed by atoms with Crippen molar-refractivity contribution in [3.8, 4) is 0 Å². The highest BCUT2D eigenvalue weighted by Crippen LogP contribution is 2.35. The molecule has 0 unspecified atom stereocenters. The normalized spacial score (nSPS) is 21.5. The maximum atomic E-state index is 9.00. The number of aliphatic hydroxyl groups is 1. The molecule has 3 aromatic heterocycles. The van der Waals surface area contributed by atoms with Crippen molar-refractivity contribution in [1.29, 1.82) is 0 Å².